The van der Waals surface area contributed by atoms with Gasteiger partial charge in [-0.15, -0.1) is 0 Å². The smallest absolute Gasteiger partial charge is 0.142 e. The van der Waals surface area contributed by atoms with E-state index in [2.05, 4.69) is 80.4 Å². The molecule has 1 aliphatic rings. The van der Waals surface area contributed by atoms with Gasteiger partial charge in [-0.1, -0.05) is 123 Å². The summed E-state index contributed by atoms with van der Waals surface area (Å²) in [5, 5.41) is 12.8. The molecule has 6 rings (SSSR count). The van der Waals surface area contributed by atoms with Crippen molar-refractivity contribution < 1.29 is 5.11 Å². The Kier molecular flexibility index (Phi) is 5.29. The van der Waals surface area contributed by atoms with E-state index in [0.29, 0.717) is 0 Å². The highest BCUT2D eigenvalue weighted by atomic mass is 79.9. The molecular formula is C31H20Br2O. The molecule has 0 radical (unpaired) electrons. The maximum absolute atomic E-state index is 12.8. The summed E-state index contributed by atoms with van der Waals surface area (Å²) in [6.07, 6.45) is 0. The van der Waals surface area contributed by atoms with E-state index in [1.165, 1.54) is 0 Å². The molecule has 0 spiro atoms. The fourth-order valence-corrected chi connectivity index (χ4v) is 6.02. The molecule has 0 bridgehead atoms. The van der Waals surface area contributed by atoms with Crippen LogP contribution in [0.3, 0.4) is 0 Å². The topological polar surface area (TPSA) is 20.2 Å². The van der Waals surface area contributed by atoms with Crippen LogP contribution in [0.15, 0.2) is 124 Å². The lowest BCUT2D eigenvalue weighted by Crippen LogP contribution is -2.27. The normalized spacial score (nSPS) is 16.2. The molecule has 3 heteroatoms. The lowest BCUT2D eigenvalue weighted by atomic mass is 9.79. The quantitative estimate of drug-likeness (QED) is 0.231. The third kappa shape index (κ3) is 3.31. The Morgan fingerprint density at radius 3 is 1.74 bits per heavy atom. The molecule has 0 saturated carbocycles. The second-order valence-electron chi connectivity index (χ2n) is 8.56. The molecule has 0 aliphatic heterocycles. The molecule has 34 heavy (non-hydrogen) atoms. The highest BCUT2D eigenvalue weighted by Gasteiger charge is 2.44. The highest BCUT2D eigenvalue weighted by Crippen LogP contribution is 2.54. The SMILES string of the molecule is OC1(c2cc(-c3ccccc3)c(Br)cc2-c2ccccc2)c2ccccc2-c2ccc(Br)cc21. The third-order valence-corrected chi connectivity index (χ3v) is 7.79. The fraction of sp³-hybridized carbons (Fsp3) is 0.0323. The summed E-state index contributed by atoms with van der Waals surface area (Å²) >= 11 is 7.47. The average molecular weight is 568 g/mol. The average Bonchev–Trinajstić information content (AvgIpc) is 3.13. The van der Waals surface area contributed by atoms with Crippen LogP contribution in [-0.2, 0) is 5.60 Å². The van der Waals surface area contributed by atoms with Crippen LogP contribution in [0.1, 0.15) is 16.7 Å². The van der Waals surface area contributed by atoms with Gasteiger partial charge in [0.1, 0.15) is 5.60 Å². The van der Waals surface area contributed by atoms with E-state index in [-0.39, 0.29) is 0 Å². The number of halogens is 2. The Balaban J connectivity index is 1.73. The molecule has 1 unspecified atom stereocenters. The second kappa shape index (κ2) is 8.35. The Morgan fingerprint density at radius 1 is 0.471 bits per heavy atom. The third-order valence-electron chi connectivity index (χ3n) is 6.65. The van der Waals surface area contributed by atoms with Crippen molar-refractivity contribution in [3.8, 4) is 33.4 Å². The summed E-state index contributed by atoms with van der Waals surface area (Å²) in [6, 6.07) is 39.2. The molecule has 164 valence electrons. The van der Waals surface area contributed by atoms with Gasteiger partial charge in [-0.05, 0) is 57.6 Å². The first-order valence-electron chi connectivity index (χ1n) is 11.1. The number of rotatable bonds is 3. The van der Waals surface area contributed by atoms with Gasteiger partial charge in [0.05, 0.1) is 0 Å². The van der Waals surface area contributed by atoms with Crippen molar-refractivity contribution in [2.75, 3.05) is 0 Å². The summed E-state index contributed by atoms with van der Waals surface area (Å²) in [7, 11) is 0. The standard InChI is InChI=1S/C31H20Br2O/c32-22-15-16-24-23-13-7-8-14-27(23)31(34,28(24)17-22)29-18-26(21-11-5-2-6-12-21)30(33)19-25(29)20-9-3-1-4-10-20/h1-19,34H. The number of aliphatic hydroxyl groups is 1. The van der Waals surface area contributed by atoms with Crippen molar-refractivity contribution in [1.82, 2.24) is 0 Å². The minimum atomic E-state index is -1.30. The molecule has 1 nitrogen and oxygen atoms in total. The van der Waals surface area contributed by atoms with Gasteiger partial charge in [0.15, 0.2) is 0 Å². The van der Waals surface area contributed by atoms with E-state index in [9.17, 15) is 5.11 Å². The first-order valence-corrected chi connectivity index (χ1v) is 12.7. The van der Waals surface area contributed by atoms with Gasteiger partial charge in [-0.2, -0.15) is 0 Å². The molecule has 0 amide bonds. The molecule has 5 aromatic carbocycles. The van der Waals surface area contributed by atoms with Gasteiger partial charge in [0.25, 0.3) is 0 Å². The Morgan fingerprint density at radius 2 is 1.03 bits per heavy atom. The van der Waals surface area contributed by atoms with Crippen molar-refractivity contribution in [1.29, 1.82) is 0 Å². The lowest BCUT2D eigenvalue weighted by Gasteiger charge is -2.30. The molecule has 0 fully saturated rings. The van der Waals surface area contributed by atoms with Crippen LogP contribution in [0.25, 0.3) is 33.4 Å². The zero-order chi connectivity index (χ0) is 23.3. The zero-order valence-corrected chi connectivity index (χ0v) is 21.3. The Bertz CT molecular complexity index is 1530. The molecule has 0 saturated heterocycles. The van der Waals surface area contributed by atoms with Gasteiger partial charge in [-0.3, -0.25) is 0 Å². The molecule has 0 aromatic heterocycles. The minimum absolute atomic E-state index is 0.866. The van der Waals surface area contributed by atoms with E-state index in [4.69, 9.17) is 0 Å². The fourth-order valence-electron chi connectivity index (χ4n) is 5.09. The predicted molar refractivity (Wildman–Crippen MR) is 147 cm³/mol. The Labute approximate surface area is 216 Å². The second-order valence-corrected chi connectivity index (χ2v) is 10.3. The van der Waals surface area contributed by atoms with Gasteiger partial charge < -0.3 is 5.11 Å². The van der Waals surface area contributed by atoms with Gasteiger partial charge in [-0.25, -0.2) is 0 Å². The van der Waals surface area contributed by atoms with Crippen LogP contribution in [0, 0.1) is 0 Å². The maximum Gasteiger partial charge on any atom is 0.142 e. The largest absolute Gasteiger partial charge is 0.376 e. The first kappa shape index (κ1) is 21.5. The number of fused-ring (bicyclic) bond motifs is 3. The summed E-state index contributed by atoms with van der Waals surface area (Å²) in [5.74, 6) is 0. The van der Waals surface area contributed by atoms with Crippen molar-refractivity contribution in [3.05, 3.63) is 141 Å². The molecule has 1 aliphatic carbocycles. The summed E-state index contributed by atoms with van der Waals surface area (Å²) in [6.45, 7) is 0. The van der Waals surface area contributed by atoms with Gasteiger partial charge in [0, 0.05) is 25.6 Å². The number of benzene rings is 5. The van der Waals surface area contributed by atoms with E-state index in [1.807, 2.05) is 66.7 Å². The van der Waals surface area contributed by atoms with Crippen LogP contribution in [0.4, 0.5) is 0 Å². The highest BCUT2D eigenvalue weighted by molar-refractivity contribution is 9.10. The molecule has 5 aromatic rings. The Hall–Kier alpha value is -2.98. The van der Waals surface area contributed by atoms with E-state index in [0.717, 1.165) is 59.0 Å². The van der Waals surface area contributed by atoms with Crippen molar-refractivity contribution in [2.24, 2.45) is 0 Å². The minimum Gasteiger partial charge on any atom is -0.376 e. The summed E-state index contributed by atoms with van der Waals surface area (Å²) in [5.41, 5.74) is 7.69. The molecular weight excluding hydrogens is 548 g/mol. The monoisotopic (exact) mass is 566 g/mol. The zero-order valence-electron chi connectivity index (χ0n) is 18.2. The van der Waals surface area contributed by atoms with Crippen molar-refractivity contribution in [3.63, 3.8) is 0 Å². The van der Waals surface area contributed by atoms with Gasteiger partial charge in [0.2, 0.25) is 0 Å². The van der Waals surface area contributed by atoms with Crippen molar-refractivity contribution in [2.45, 2.75) is 5.60 Å². The van der Waals surface area contributed by atoms with Crippen LogP contribution >= 0.6 is 31.9 Å². The first-order chi connectivity index (χ1) is 16.6. The van der Waals surface area contributed by atoms with E-state index in [1.54, 1.807) is 0 Å². The lowest BCUT2D eigenvalue weighted by molar-refractivity contribution is 0.131. The number of hydrogen-bond donors (Lipinski definition) is 1. The molecule has 1 N–H and O–H groups in total. The van der Waals surface area contributed by atoms with Crippen molar-refractivity contribution >= 4 is 31.9 Å². The molecule has 0 heterocycles. The van der Waals surface area contributed by atoms with Crippen LogP contribution < -0.4 is 0 Å². The van der Waals surface area contributed by atoms with E-state index < -0.39 is 5.60 Å². The molecule has 1 atom stereocenters. The maximum atomic E-state index is 12.8. The predicted octanol–water partition coefficient (Wildman–Crippen LogP) is 8.81. The van der Waals surface area contributed by atoms with Crippen LogP contribution in [0.5, 0.6) is 0 Å². The number of hydrogen-bond acceptors (Lipinski definition) is 1. The summed E-state index contributed by atoms with van der Waals surface area (Å²) < 4.78 is 1.93. The van der Waals surface area contributed by atoms with Crippen LogP contribution in [-0.4, -0.2) is 5.11 Å². The summed E-state index contributed by atoms with van der Waals surface area (Å²) in [4.78, 5) is 0. The van der Waals surface area contributed by atoms with Gasteiger partial charge >= 0.3 is 0 Å². The van der Waals surface area contributed by atoms with E-state index >= 15 is 0 Å². The van der Waals surface area contributed by atoms with Crippen LogP contribution in [0.2, 0.25) is 0 Å².